The number of sulfone groups is 1. The molecule has 0 spiro atoms. The van der Waals surface area contributed by atoms with Crippen molar-refractivity contribution in [2.75, 3.05) is 18.1 Å². The van der Waals surface area contributed by atoms with Crippen LogP contribution in [0.15, 0.2) is 0 Å². The monoisotopic (exact) mass is 217 g/mol. The predicted molar refractivity (Wildman–Crippen MR) is 57.0 cm³/mol. The molecule has 0 radical (unpaired) electrons. The van der Waals surface area contributed by atoms with E-state index in [-0.39, 0.29) is 0 Å². The lowest BCUT2D eigenvalue weighted by atomic mass is 9.92. The highest BCUT2D eigenvalue weighted by Gasteiger charge is 2.26. The molecule has 1 saturated heterocycles. The van der Waals surface area contributed by atoms with E-state index in [4.69, 9.17) is 0 Å². The van der Waals surface area contributed by atoms with Gasteiger partial charge in [0.1, 0.15) is 0 Å². The van der Waals surface area contributed by atoms with Crippen molar-refractivity contribution in [3.8, 4) is 0 Å². The maximum atomic E-state index is 11.4. The van der Waals surface area contributed by atoms with Gasteiger partial charge in [0.05, 0.1) is 11.5 Å². The minimum absolute atomic E-state index is 0.370. The summed E-state index contributed by atoms with van der Waals surface area (Å²) in [5.41, 5.74) is 0. The Morgan fingerprint density at radius 3 is 2.50 bits per heavy atom. The lowest BCUT2D eigenvalue weighted by Gasteiger charge is -2.30. The summed E-state index contributed by atoms with van der Waals surface area (Å²) in [6.45, 7) is 0.907. The van der Waals surface area contributed by atoms with Crippen LogP contribution in [0, 0.1) is 5.92 Å². The summed E-state index contributed by atoms with van der Waals surface area (Å²) in [5, 5.41) is 3.46. The highest BCUT2D eigenvalue weighted by Crippen LogP contribution is 2.21. The molecule has 1 aliphatic carbocycles. The van der Waals surface area contributed by atoms with Gasteiger partial charge in [-0.05, 0) is 38.1 Å². The van der Waals surface area contributed by atoms with Gasteiger partial charge in [0, 0.05) is 6.04 Å². The van der Waals surface area contributed by atoms with Crippen molar-refractivity contribution in [1.29, 1.82) is 0 Å². The SMILES string of the molecule is O=S1(=O)CCCC(CNC2CCC2)C1. The molecule has 2 rings (SSSR count). The third kappa shape index (κ3) is 2.70. The third-order valence-corrected chi connectivity index (χ3v) is 5.25. The summed E-state index contributed by atoms with van der Waals surface area (Å²) in [4.78, 5) is 0. The van der Waals surface area contributed by atoms with Crippen LogP contribution in [0.2, 0.25) is 0 Å². The Morgan fingerprint density at radius 2 is 1.93 bits per heavy atom. The van der Waals surface area contributed by atoms with E-state index >= 15 is 0 Å². The summed E-state index contributed by atoms with van der Waals surface area (Å²) >= 11 is 0. The molecule has 1 N–H and O–H groups in total. The fourth-order valence-electron chi connectivity index (χ4n) is 2.22. The number of hydrogen-bond donors (Lipinski definition) is 1. The summed E-state index contributed by atoms with van der Waals surface area (Å²) in [5.74, 6) is 1.19. The summed E-state index contributed by atoms with van der Waals surface area (Å²) < 4.78 is 22.7. The largest absolute Gasteiger partial charge is 0.314 e. The van der Waals surface area contributed by atoms with E-state index in [1.165, 1.54) is 19.3 Å². The Labute approximate surface area is 86.2 Å². The van der Waals surface area contributed by atoms with E-state index in [1.54, 1.807) is 0 Å². The highest BCUT2D eigenvalue weighted by atomic mass is 32.2. The van der Waals surface area contributed by atoms with Crippen LogP contribution in [0.5, 0.6) is 0 Å². The average molecular weight is 217 g/mol. The van der Waals surface area contributed by atoms with Crippen LogP contribution in [-0.4, -0.2) is 32.5 Å². The summed E-state index contributed by atoms with van der Waals surface area (Å²) in [6, 6.07) is 0.680. The lowest BCUT2D eigenvalue weighted by molar-refractivity contribution is 0.314. The standard InChI is InChI=1S/C10H19NO2S/c12-14(13)6-2-3-9(8-14)7-11-10-4-1-5-10/h9-11H,1-8H2. The van der Waals surface area contributed by atoms with Crippen molar-refractivity contribution in [1.82, 2.24) is 5.32 Å². The molecular weight excluding hydrogens is 198 g/mol. The Hall–Kier alpha value is -0.0900. The van der Waals surface area contributed by atoms with Crippen LogP contribution in [0.25, 0.3) is 0 Å². The fraction of sp³-hybridized carbons (Fsp3) is 1.00. The molecule has 0 aromatic rings. The van der Waals surface area contributed by atoms with Crippen molar-refractivity contribution >= 4 is 9.84 Å². The van der Waals surface area contributed by atoms with Gasteiger partial charge >= 0.3 is 0 Å². The molecule has 4 heteroatoms. The zero-order valence-corrected chi connectivity index (χ0v) is 9.35. The topological polar surface area (TPSA) is 46.2 Å². The first-order valence-corrected chi connectivity index (χ1v) is 7.42. The van der Waals surface area contributed by atoms with E-state index < -0.39 is 9.84 Å². The van der Waals surface area contributed by atoms with E-state index in [0.29, 0.717) is 23.5 Å². The smallest absolute Gasteiger partial charge is 0.150 e. The van der Waals surface area contributed by atoms with Crippen LogP contribution in [-0.2, 0) is 9.84 Å². The molecule has 3 nitrogen and oxygen atoms in total. The molecule has 14 heavy (non-hydrogen) atoms. The van der Waals surface area contributed by atoms with E-state index in [1.807, 2.05) is 0 Å². The van der Waals surface area contributed by atoms with Gasteiger partial charge in [-0.25, -0.2) is 8.42 Å². The fourth-order valence-corrected chi connectivity index (χ4v) is 4.00. The summed E-state index contributed by atoms with van der Waals surface area (Å²) in [6.07, 6.45) is 5.83. The molecule has 1 saturated carbocycles. The maximum absolute atomic E-state index is 11.4. The molecule has 1 heterocycles. The first-order valence-electron chi connectivity index (χ1n) is 5.59. The van der Waals surface area contributed by atoms with E-state index in [2.05, 4.69) is 5.32 Å². The van der Waals surface area contributed by atoms with Crippen LogP contribution in [0.3, 0.4) is 0 Å². The number of hydrogen-bond acceptors (Lipinski definition) is 3. The van der Waals surface area contributed by atoms with Crippen molar-refractivity contribution in [2.24, 2.45) is 5.92 Å². The first kappa shape index (κ1) is 10.4. The van der Waals surface area contributed by atoms with Crippen LogP contribution >= 0.6 is 0 Å². The molecular formula is C10H19NO2S. The quantitative estimate of drug-likeness (QED) is 0.765. The first-order chi connectivity index (χ1) is 6.66. The Morgan fingerprint density at radius 1 is 1.14 bits per heavy atom. The molecule has 1 aliphatic heterocycles. The van der Waals surface area contributed by atoms with Crippen LogP contribution < -0.4 is 5.32 Å². The van der Waals surface area contributed by atoms with Gasteiger partial charge in [0.15, 0.2) is 9.84 Å². The normalized spacial score (nSPS) is 32.4. The molecule has 0 amide bonds. The third-order valence-electron chi connectivity index (χ3n) is 3.36. The second-order valence-corrected chi connectivity index (χ2v) is 6.89. The average Bonchev–Trinajstić information content (AvgIpc) is 1.99. The van der Waals surface area contributed by atoms with Gasteiger partial charge < -0.3 is 5.32 Å². The van der Waals surface area contributed by atoms with Crippen LogP contribution in [0.4, 0.5) is 0 Å². The number of nitrogens with one attached hydrogen (secondary N) is 1. The molecule has 0 bridgehead atoms. The zero-order valence-electron chi connectivity index (χ0n) is 8.54. The molecule has 0 aromatic heterocycles. The summed E-state index contributed by atoms with van der Waals surface area (Å²) in [7, 11) is -2.71. The minimum Gasteiger partial charge on any atom is -0.314 e. The lowest BCUT2D eigenvalue weighted by Crippen LogP contribution is -2.41. The Kier molecular flexibility index (Phi) is 3.12. The molecule has 1 atom stereocenters. The zero-order chi connectivity index (χ0) is 10.0. The molecule has 2 aliphatic rings. The van der Waals surface area contributed by atoms with Crippen LogP contribution in [0.1, 0.15) is 32.1 Å². The molecule has 1 unspecified atom stereocenters. The van der Waals surface area contributed by atoms with Crippen molar-refractivity contribution < 1.29 is 8.42 Å². The Bertz CT molecular complexity index is 282. The molecule has 0 aromatic carbocycles. The van der Waals surface area contributed by atoms with E-state index in [9.17, 15) is 8.42 Å². The predicted octanol–water partition coefficient (Wildman–Crippen LogP) is 0.953. The number of rotatable bonds is 3. The van der Waals surface area contributed by atoms with Crippen molar-refractivity contribution in [3.05, 3.63) is 0 Å². The van der Waals surface area contributed by atoms with Gasteiger partial charge in [0.2, 0.25) is 0 Å². The second-order valence-electron chi connectivity index (χ2n) is 4.66. The Balaban J connectivity index is 1.74. The van der Waals surface area contributed by atoms with Crippen molar-refractivity contribution in [3.63, 3.8) is 0 Å². The maximum Gasteiger partial charge on any atom is 0.150 e. The van der Waals surface area contributed by atoms with E-state index in [0.717, 1.165) is 19.4 Å². The van der Waals surface area contributed by atoms with Crippen molar-refractivity contribution in [2.45, 2.75) is 38.1 Å². The van der Waals surface area contributed by atoms with Gasteiger partial charge in [-0.3, -0.25) is 0 Å². The van der Waals surface area contributed by atoms with Gasteiger partial charge in [-0.1, -0.05) is 6.42 Å². The van der Waals surface area contributed by atoms with Gasteiger partial charge in [-0.15, -0.1) is 0 Å². The molecule has 2 fully saturated rings. The minimum atomic E-state index is -2.71. The molecule has 82 valence electrons. The van der Waals surface area contributed by atoms with Gasteiger partial charge in [0.25, 0.3) is 0 Å². The second kappa shape index (κ2) is 4.19. The van der Waals surface area contributed by atoms with Gasteiger partial charge in [-0.2, -0.15) is 0 Å². The highest BCUT2D eigenvalue weighted by molar-refractivity contribution is 7.91.